The first-order chi connectivity index (χ1) is 10.9. The van der Waals surface area contributed by atoms with Crippen molar-refractivity contribution in [2.45, 2.75) is 27.7 Å². The van der Waals surface area contributed by atoms with Crippen LogP contribution in [0.4, 0.5) is 10.8 Å². The minimum atomic E-state index is 0.560. The van der Waals surface area contributed by atoms with E-state index < -0.39 is 0 Å². The summed E-state index contributed by atoms with van der Waals surface area (Å²) in [5.74, 6) is 0. The Labute approximate surface area is 145 Å². The van der Waals surface area contributed by atoms with Gasteiger partial charge in [0.1, 0.15) is 0 Å². The van der Waals surface area contributed by atoms with Gasteiger partial charge in [-0.15, -0.1) is 0 Å². The molecular weight excluding hydrogens is 322 g/mol. The minimum Gasteiger partial charge on any atom is -0.332 e. The fourth-order valence-electron chi connectivity index (χ4n) is 2.44. The number of thiocarbonyl (C=S) groups is 1. The molecular formula is C18H19N3S2. The predicted octanol–water partition coefficient (Wildman–Crippen LogP) is 5.34. The van der Waals surface area contributed by atoms with Crippen LogP contribution in [0.3, 0.4) is 0 Å². The SMILES string of the molecule is Cc1ccc(NC(=S)Nc2nc3cc(C)c(C)cc3s2)c(C)c1. The molecule has 2 N–H and O–H groups in total. The zero-order valence-electron chi connectivity index (χ0n) is 13.7. The molecule has 0 fully saturated rings. The number of nitrogens with zero attached hydrogens (tertiary/aromatic N) is 1. The van der Waals surface area contributed by atoms with Crippen molar-refractivity contribution in [3.8, 4) is 0 Å². The van der Waals surface area contributed by atoms with Gasteiger partial charge in [-0.25, -0.2) is 4.98 Å². The Balaban J connectivity index is 1.77. The van der Waals surface area contributed by atoms with Gasteiger partial charge in [0, 0.05) is 5.69 Å². The zero-order valence-corrected chi connectivity index (χ0v) is 15.3. The van der Waals surface area contributed by atoms with Crippen molar-refractivity contribution < 1.29 is 0 Å². The summed E-state index contributed by atoms with van der Waals surface area (Å²) < 4.78 is 1.17. The van der Waals surface area contributed by atoms with Crippen LogP contribution >= 0.6 is 23.6 Å². The third kappa shape index (κ3) is 3.51. The highest BCUT2D eigenvalue weighted by molar-refractivity contribution is 7.80. The number of anilines is 2. The molecule has 0 unspecified atom stereocenters. The van der Waals surface area contributed by atoms with E-state index in [0.717, 1.165) is 16.3 Å². The average Bonchev–Trinajstić information content (AvgIpc) is 2.83. The first-order valence-electron chi connectivity index (χ1n) is 7.45. The highest BCUT2D eigenvalue weighted by Crippen LogP contribution is 2.28. The Hall–Kier alpha value is -1.98. The second kappa shape index (κ2) is 6.26. The first kappa shape index (κ1) is 15.9. The summed E-state index contributed by atoms with van der Waals surface area (Å²) in [7, 11) is 0. The smallest absolute Gasteiger partial charge is 0.190 e. The number of rotatable bonds is 2. The van der Waals surface area contributed by atoms with Crippen LogP contribution in [0.25, 0.3) is 10.2 Å². The summed E-state index contributed by atoms with van der Waals surface area (Å²) in [6.45, 7) is 8.38. The van der Waals surface area contributed by atoms with Crippen molar-refractivity contribution in [2.75, 3.05) is 10.6 Å². The quantitative estimate of drug-likeness (QED) is 0.617. The molecule has 0 saturated heterocycles. The molecule has 0 amide bonds. The largest absolute Gasteiger partial charge is 0.332 e. The van der Waals surface area contributed by atoms with Gasteiger partial charge in [0.2, 0.25) is 0 Å². The van der Waals surface area contributed by atoms with Crippen LogP contribution in [-0.4, -0.2) is 10.1 Å². The molecule has 0 bridgehead atoms. The number of benzene rings is 2. The van der Waals surface area contributed by atoms with Gasteiger partial charge in [-0.1, -0.05) is 29.0 Å². The van der Waals surface area contributed by atoms with Crippen LogP contribution in [0.2, 0.25) is 0 Å². The Morgan fingerprint density at radius 3 is 2.43 bits per heavy atom. The molecule has 1 heterocycles. The van der Waals surface area contributed by atoms with Crippen molar-refractivity contribution in [2.24, 2.45) is 0 Å². The van der Waals surface area contributed by atoms with E-state index in [-0.39, 0.29) is 0 Å². The van der Waals surface area contributed by atoms with Crippen LogP contribution in [0.1, 0.15) is 22.3 Å². The summed E-state index contributed by atoms with van der Waals surface area (Å²) in [6.07, 6.45) is 0. The van der Waals surface area contributed by atoms with E-state index in [1.54, 1.807) is 11.3 Å². The fraction of sp³-hybridized carbons (Fsp3) is 0.222. The van der Waals surface area contributed by atoms with Gasteiger partial charge >= 0.3 is 0 Å². The van der Waals surface area contributed by atoms with E-state index >= 15 is 0 Å². The van der Waals surface area contributed by atoms with Gasteiger partial charge in [0.25, 0.3) is 0 Å². The summed E-state index contributed by atoms with van der Waals surface area (Å²) >= 11 is 7.03. The summed E-state index contributed by atoms with van der Waals surface area (Å²) in [6, 6.07) is 10.5. The van der Waals surface area contributed by atoms with Crippen molar-refractivity contribution >= 4 is 49.7 Å². The fourth-order valence-corrected chi connectivity index (χ4v) is 3.66. The van der Waals surface area contributed by atoms with Gasteiger partial charge in [-0.05, 0) is 74.8 Å². The summed E-state index contributed by atoms with van der Waals surface area (Å²) in [5, 5.41) is 7.80. The lowest BCUT2D eigenvalue weighted by Gasteiger charge is -2.11. The molecule has 2 aromatic carbocycles. The lowest BCUT2D eigenvalue weighted by molar-refractivity contribution is 1.35. The van der Waals surface area contributed by atoms with E-state index in [0.29, 0.717) is 5.11 Å². The maximum atomic E-state index is 5.41. The molecule has 0 spiro atoms. The molecule has 0 aliphatic rings. The molecule has 1 aromatic heterocycles. The van der Waals surface area contributed by atoms with Crippen molar-refractivity contribution in [3.63, 3.8) is 0 Å². The molecule has 0 atom stereocenters. The lowest BCUT2D eigenvalue weighted by Crippen LogP contribution is -2.19. The number of hydrogen-bond donors (Lipinski definition) is 2. The number of aryl methyl sites for hydroxylation is 4. The van der Waals surface area contributed by atoms with Crippen LogP contribution in [0, 0.1) is 27.7 Å². The topological polar surface area (TPSA) is 37.0 Å². The van der Waals surface area contributed by atoms with Crippen molar-refractivity contribution in [1.29, 1.82) is 0 Å². The second-order valence-corrected chi connectivity index (χ2v) is 7.26. The minimum absolute atomic E-state index is 0.560. The normalized spacial score (nSPS) is 10.8. The maximum Gasteiger partial charge on any atom is 0.190 e. The van der Waals surface area contributed by atoms with E-state index in [9.17, 15) is 0 Å². The van der Waals surface area contributed by atoms with Gasteiger partial charge in [0.05, 0.1) is 10.2 Å². The van der Waals surface area contributed by atoms with E-state index in [1.165, 1.54) is 27.0 Å². The van der Waals surface area contributed by atoms with E-state index in [2.05, 4.69) is 67.6 Å². The van der Waals surface area contributed by atoms with Crippen LogP contribution in [0.15, 0.2) is 30.3 Å². The van der Waals surface area contributed by atoms with Gasteiger partial charge in [0.15, 0.2) is 10.2 Å². The Morgan fingerprint density at radius 2 is 1.70 bits per heavy atom. The predicted molar refractivity (Wildman–Crippen MR) is 105 cm³/mol. The molecule has 0 aliphatic carbocycles. The van der Waals surface area contributed by atoms with Crippen LogP contribution < -0.4 is 10.6 Å². The highest BCUT2D eigenvalue weighted by Gasteiger charge is 2.08. The number of hydrogen-bond acceptors (Lipinski definition) is 3. The molecule has 3 nitrogen and oxygen atoms in total. The Bertz CT molecular complexity index is 858. The third-order valence-corrected chi connectivity index (χ3v) is 4.99. The zero-order chi connectivity index (χ0) is 16.6. The number of aromatic nitrogens is 1. The standard InChI is InChI=1S/C18H19N3S2/c1-10-5-6-14(13(4)7-10)19-17(22)21-18-20-15-8-11(2)12(3)9-16(15)23-18/h5-9H,1-4H3,(H2,19,20,21,22). The van der Waals surface area contributed by atoms with Crippen LogP contribution in [0.5, 0.6) is 0 Å². The molecule has 3 aromatic rings. The monoisotopic (exact) mass is 341 g/mol. The Morgan fingerprint density at radius 1 is 0.957 bits per heavy atom. The van der Waals surface area contributed by atoms with E-state index in [4.69, 9.17) is 12.2 Å². The number of nitrogens with one attached hydrogen (secondary N) is 2. The number of thiazole rings is 1. The molecule has 118 valence electrons. The third-order valence-electron chi connectivity index (χ3n) is 3.85. The molecule has 0 saturated carbocycles. The lowest BCUT2D eigenvalue weighted by atomic mass is 10.1. The number of fused-ring (bicyclic) bond motifs is 1. The van der Waals surface area contributed by atoms with Gasteiger partial charge < -0.3 is 10.6 Å². The van der Waals surface area contributed by atoms with Gasteiger partial charge in [-0.3, -0.25) is 0 Å². The molecule has 0 radical (unpaired) electrons. The second-order valence-electron chi connectivity index (χ2n) is 5.82. The van der Waals surface area contributed by atoms with Gasteiger partial charge in [-0.2, -0.15) is 0 Å². The van der Waals surface area contributed by atoms with Crippen molar-refractivity contribution in [1.82, 2.24) is 4.98 Å². The maximum absolute atomic E-state index is 5.41. The van der Waals surface area contributed by atoms with Crippen LogP contribution in [-0.2, 0) is 0 Å². The molecule has 3 rings (SSSR count). The highest BCUT2D eigenvalue weighted by atomic mass is 32.1. The summed E-state index contributed by atoms with van der Waals surface area (Å²) in [4.78, 5) is 4.61. The average molecular weight is 342 g/mol. The first-order valence-corrected chi connectivity index (χ1v) is 8.68. The van der Waals surface area contributed by atoms with Crippen molar-refractivity contribution in [3.05, 3.63) is 52.6 Å². The summed E-state index contributed by atoms with van der Waals surface area (Å²) in [5.41, 5.74) is 6.97. The molecule has 0 aliphatic heterocycles. The Kier molecular flexibility index (Phi) is 4.33. The van der Waals surface area contributed by atoms with E-state index in [1.807, 2.05) is 6.07 Å². The molecule has 23 heavy (non-hydrogen) atoms. The molecule has 5 heteroatoms.